The van der Waals surface area contributed by atoms with Crippen LogP contribution in [0.2, 0.25) is 19.6 Å². The van der Waals surface area contributed by atoms with Gasteiger partial charge in [-0.15, -0.1) is 12.0 Å². The van der Waals surface area contributed by atoms with E-state index in [2.05, 4.69) is 36.4 Å². The summed E-state index contributed by atoms with van der Waals surface area (Å²) in [5, 5.41) is 3.01. The third-order valence-corrected chi connectivity index (χ3v) is 2.27. The molecule has 0 saturated heterocycles. The Morgan fingerprint density at radius 2 is 2.00 bits per heavy atom. The van der Waals surface area contributed by atoms with Crippen molar-refractivity contribution < 1.29 is 0 Å². The maximum absolute atomic E-state index is 5.05. The van der Waals surface area contributed by atoms with Crippen molar-refractivity contribution >= 4 is 19.8 Å². The molecule has 0 aliphatic rings. The molecule has 0 aromatic heterocycles. The van der Waals surface area contributed by atoms with Crippen molar-refractivity contribution in [1.29, 1.82) is 0 Å². The lowest BCUT2D eigenvalue weighted by Gasteiger charge is -2.02. The van der Waals surface area contributed by atoms with Gasteiger partial charge in [0.25, 0.3) is 0 Å². The van der Waals surface area contributed by atoms with Crippen molar-refractivity contribution in [2.75, 3.05) is 5.75 Å². The molecule has 0 heterocycles. The maximum Gasteiger partial charge on any atom is 0.130 e. The van der Waals surface area contributed by atoms with Gasteiger partial charge in [-0.2, -0.15) is 0 Å². The minimum atomic E-state index is -1.16. The molecular weight excluding hydrogens is 156 g/mol. The molecule has 2 heteroatoms. The van der Waals surface area contributed by atoms with Gasteiger partial charge in [0.1, 0.15) is 8.07 Å². The molecular formula is C8H12SSi. The van der Waals surface area contributed by atoms with E-state index < -0.39 is 8.07 Å². The summed E-state index contributed by atoms with van der Waals surface area (Å²) in [6, 6.07) is 0. The first-order chi connectivity index (χ1) is 4.56. The van der Waals surface area contributed by atoms with Gasteiger partial charge in [-0.3, -0.25) is 0 Å². The van der Waals surface area contributed by atoms with Crippen molar-refractivity contribution in [3.63, 3.8) is 0 Å². The molecule has 0 atom stereocenters. The molecule has 0 aromatic rings. The van der Waals surface area contributed by atoms with Gasteiger partial charge in [-0.1, -0.05) is 37.3 Å². The van der Waals surface area contributed by atoms with Crippen molar-refractivity contribution in [3.8, 4) is 23.1 Å². The van der Waals surface area contributed by atoms with Crippen LogP contribution in [0.3, 0.4) is 0 Å². The highest BCUT2D eigenvalue weighted by Gasteiger charge is 2.06. The van der Waals surface area contributed by atoms with Crippen LogP contribution in [0.25, 0.3) is 0 Å². The molecule has 54 valence electrons. The Bertz CT molecular complexity index is 184. The monoisotopic (exact) mass is 168 g/mol. The standard InChI is InChI=1S/C8H12SSi/c1-5-6-9-7-8-10(2,3)4/h1H,6H2,2-4H3. The molecule has 0 amide bonds. The zero-order chi connectivity index (χ0) is 8.04. The molecule has 0 bridgehead atoms. The fraction of sp³-hybridized carbons (Fsp3) is 0.500. The third-order valence-electron chi connectivity index (χ3n) is 0.654. The quantitative estimate of drug-likeness (QED) is 0.328. The van der Waals surface area contributed by atoms with E-state index in [0.717, 1.165) is 0 Å². The van der Waals surface area contributed by atoms with Crippen LogP contribution in [0.15, 0.2) is 0 Å². The lowest BCUT2D eigenvalue weighted by atomic mass is 10.8. The van der Waals surface area contributed by atoms with Gasteiger partial charge in [0.2, 0.25) is 0 Å². The van der Waals surface area contributed by atoms with Gasteiger partial charge in [0.05, 0.1) is 5.75 Å². The van der Waals surface area contributed by atoms with Crippen LogP contribution in [0, 0.1) is 23.1 Å². The Kier molecular flexibility index (Phi) is 4.35. The summed E-state index contributed by atoms with van der Waals surface area (Å²) in [5.74, 6) is 3.24. The van der Waals surface area contributed by atoms with E-state index in [1.165, 1.54) is 11.8 Å². The lowest BCUT2D eigenvalue weighted by Crippen LogP contribution is -2.15. The minimum absolute atomic E-state index is 0.706. The van der Waals surface area contributed by atoms with Crippen LogP contribution < -0.4 is 0 Å². The van der Waals surface area contributed by atoms with E-state index in [4.69, 9.17) is 6.42 Å². The molecule has 0 fully saturated rings. The molecule has 0 saturated carbocycles. The minimum Gasteiger partial charge on any atom is -0.120 e. The summed E-state index contributed by atoms with van der Waals surface area (Å²) in [5.41, 5.74) is 3.21. The predicted octanol–water partition coefficient (Wildman–Crippen LogP) is 2.19. The average Bonchev–Trinajstić information content (AvgIpc) is 1.78. The van der Waals surface area contributed by atoms with Gasteiger partial charge in [-0.05, 0) is 5.25 Å². The molecule has 0 aliphatic heterocycles. The average molecular weight is 168 g/mol. The molecule has 0 spiro atoms. The van der Waals surface area contributed by atoms with Crippen molar-refractivity contribution in [2.45, 2.75) is 19.6 Å². The van der Waals surface area contributed by atoms with Gasteiger partial charge in [0.15, 0.2) is 0 Å². The number of hydrogen-bond acceptors (Lipinski definition) is 1. The molecule has 0 rings (SSSR count). The van der Waals surface area contributed by atoms with Crippen molar-refractivity contribution in [3.05, 3.63) is 0 Å². The largest absolute Gasteiger partial charge is 0.130 e. The molecule has 0 nitrogen and oxygen atoms in total. The highest BCUT2D eigenvalue weighted by Crippen LogP contribution is 2.00. The van der Waals surface area contributed by atoms with E-state index in [-0.39, 0.29) is 0 Å². The van der Waals surface area contributed by atoms with Gasteiger partial charge in [-0.25, -0.2) is 0 Å². The molecule has 0 unspecified atom stereocenters. The summed E-state index contributed by atoms with van der Waals surface area (Å²) in [4.78, 5) is 0. The van der Waals surface area contributed by atoms with E-state index in [1.54, 1.807) is 0 Å². The van der Waals surface area contributed by atoms with Gasteiger partial charge >= 0.3 is 0 Å². The van der Waals surface area contributed by atoms with E-state index in [0.29, 0.717) is 5.75 Å². The number of thioether (sulfide) groups is 1. The third kappa shape index (κ3) is 7.69. The second-order valence-corrected chi connectivity index (χ2v) is 8.50. The number of rotatable bonds is 1. The Morgan fingerprint density at radius 1 is 1.40 bits per heavy atom. The number of hydrogen-bond donors (Lipinski definition) is 0. The van der Waals surface area contributed by atoms with Crippen LogP contribution in [-0.4, -0.2) is 13.8 Å². The van der Waals surface area contributed by atoms with Crippen LogP contribution in [0.1, 0.15) is 0 Å². The summed E-state index contributed by atoms with van der Waals surface area (Å²) in [7, 11) is -1.16. The van der Waals surface area contributed by atoms with E-state index in [1.807, 2.05) is 0 Å². The molecule has 0 aliphatic carbocycles. The topological polar surface area (TPSA) is 0 Å². The first kappa shape index (κ1) is 9.69. The smallest absolute Gasteiger partial charge is 0.120 e. The zero-order valence-electron chi connectivity index (χ0n) is 6.69. The number of terminal acetylenes is 1. The fourth-order valence-corrected chi connectivity index (χ4v) is 1.94. The Morgan fingerprint density at radius 3 is 2.40 bits per heavy atom. The fourth-order valence-electron chi connectivity index (χ4n) is 0.267. The highest BCUT2D eigenvalue weighted by atomic mass is 32.2. The van der Waals surface area contributed by atoms with E-state index >= 15 is 0 Å². The van der Waals surface area contributed by atoms with Crippen LogP contribution in [0.4, 0.5) is 0 Å². The SMILES string of the molecule is C#CCSC#C[Si](C)(C)C. The Balaban J connectivity index is 3.62. The molecule has 0 aromatic carbocycles. The Labute approximate surface area is 68.8 Å². The first-order valence-corrected chi connectivity index (χ1v) is 7.62. The lowest BCUT2D eigenvalue weighted by molar-refractivity contribution is 1.82. The summed E-state index contributed by atoms with van der Waals surface area (Å²) < 4.78 is 0. The van der Waals surface area contributed by atoms with Gasteiger partial charge in [0, 0.05) is 0 Å². The maximum atomic E-state index is 5.05. The highest BCUT2D eigenvalue weighted by molar-refractivity contribution is 8.04. The molecule has 10 heavy (non-hydrogen) atoms. The van der Waals surface area contributed by atoms with Crippen molar-refractivity contribution in [2.24, 2.45) is 0 Å². The normalized spacial score (nSPS) is 9.40. The van der Waals surface area contributed by atoms with Crippen LogP contribution in [-0.2, 0) is 0 Å². The first-order valence-electron chi connectivity index (χ1n) is 3.14. The van der Waals surface area contributed by atoms with Crippen molar-refractivity contribution in [1.82, 2.24) is 0 Å². The van der Waals surface area contributed by atoms with Crippen LogP contribution in [0.5, 0.6) is 0 Å². The van der Waals surface area contributed by atoms with Crippen LogP contribution >= 0.6 is 11.8 Å². The van der Waals surface area contributed by atoms with Gasteiger partial charge < -0.3 is 0 Å². The second kappa shape index (κ2) is 4.49. The van der Waals surface area contributed by atoms with E-state index in [9.17, 15) is 0 Å². The summed E-state index contributed by atoms with van der Waals surface area (Å²) in [6.07, 6.45) is 5.05. The summed E-state index contributed by atoms with van der Waals surface area (Å²) in [6.45, 7) is 6.66. The second-order valence-electron chi connectivity index (χ2n) is 2.97. The predicted molar refractivity (Wildman–Crippen MR) is 52.4 cm³/mol. The zero-order valence-corrected chi connectivity index (χ0v) is 8.51. The molecule has 0 radical (unpaired) electrons. The molecule has 0 N–H and O–H groups in total. The summed E-state index contributed by atoms with van der Waals surface area (Å²) >= 11 is 1.52. The Hall–Kier alpha value is -0.313.